The molecule has 0 bridgehead atoms. The lowest BCUT2D eigenvalue weighted by atomic mass is 10.1. The minimum atomic E-state index is -0.327. The third-order valence-corrected chi connectivity index (χ3v) is 4.69. The van der Waals surface area contributed by atoms with Gasteiger partial charge < -0.3 is 19.4 Å². The zero-order chi connectivity index (χ0) is 21.0. The molecule has 0 fully saturated rings. The Morgan fingerprint density at radius 2 is 1.72 bits per heavy atom. The Labute approximate surface area is 173 Å². The van der Waals surface area contributed by atoms with Gasteiger partial charge in [-0.1, -0.05) is 17.7 Å². The van der Waals surface area contributed by atoms with E-state index in [0.717, 1.165) is 11.1 Å². The Kier molecular flexibility index (Phi) is 6.24. The summed E-state index contributed by atoms with van der Waals surface area (Å²) in [6, 6.07) is 13.5. The molecule has 3 aromatic rings. The van der Waals surface area contributed by atoms with Gasteiger partial charge in [-0.2, -0.15) is 0 Å². The molecular weight excluding hydrogens is 392 g/mol. The van der Waals surface area contributed by atoms with Crippen molar-refractivity contribution in [3.8, 4) is 11.5 Å². The fraction of sp³-hybridized carbons (Fsp3) is 0.182. The number of hydrogen-bond acceptors (Lipinski definition) is 4. The second-order valence-corrected chi connectivity index (χ2v) is 6.95. The summed E-state index contributed by atoms with van der Waals surface area (Å²) in [5.41, 5.74) is 2.46. The SMILES string of the molecule is COc1cc(Cn2cc(C(=O)Nc3cc(Cl)ccc3C)ccc2=O)cc(OC)c1. The number of benzene rings is 2. The van der Waals surface area contributed by atoms with E-state index < -0.39 is 0 Å². The lowest BCUT2D eigenvalue weighted by Crippen LogP contribution is -2.22. The first-order chi connectivity index (χ1) is 13.9. The summed E-state index contributed by atoms with van der Waals surface area (Å²) in [5.74, 6) is 0.919. The predicted molar refractivity (Wildman–Crippen MR) is 113 cm³/mol. The largest absolute Gasteiger partial charge is 0.497 e. The standard InChI is InChI=1S/C22H21ClN2O4/c1-14-4-6-17(23)10-20(14)24-22(27)16-5-7-21(26)25(13-16)12-15-8-18(28-2)11-19(9-15)29-3/h4-11,13H,12H2,1-3H3,(H,24,27). The van der Waals surface area contributed by atoms with Crippen LogP contribution in [0.4, 0.5) is 5.69 Å². The summed E-state index contributed by atoms with van der Waals surface area (Å²) in [6.07, 6.45) is 1.53. The molecule has 1 N–H and O–H groups in total. The van der Waals surface area contributed by atoms with Crippen LogP contribution in [0.3, 0.4) is 0 Å². The second-order valence-electron chi connectivity index (χ2n) is 6.52. The van der Waals surface area contributed by atoms with Gasteiger partial charge in [-0.3, -0.25) is 9.59 Å². The summed E-state index contributed by atoms with van der Waals surface area (Å²) in [5, 5.41) is 3.37. The number of nitrogens with one attached hydrogen (secondary N) is 1. The minimum absolute atomic E-state index is 0.220. The van der Waals surface area contributed by atoms with Crippen LogP contribution in [0.2, 0.25) is 5.02 Å². The van der Waals surface area contributed by atoms with Gasteiger partial charge >= 0.3 is 0 Å². The van der Waals surface area contributed by atoms with Crippen molar-refractivity contribution in [3.05, 3.63) is 86.8 Å². The van der Waals surface area contributed by atoms with Crippen LogP contribution < -0.4 is 20.3 Å². The number of anilines is 1. The van der Waals surface area contributed by atoms with Crippen LogP contribution in [0.5, 0.6) is 11.5 Å². The number of hydrogen-bond donors (Lipinski definition) is 1. The highest BCUT2D eigenvalue weighted by atomic mass is 35.5. The summed E-state index contributed by atoms with van der Waals surface area (Å²) < 4.78 is 12.0. The molecule has 0 unspecified atom stereocenters. The number of halogens is 1. The van der Waals surface area contributed by atoms with Crippen molar-refractivity contribution in [1.82, 2.24) is 4.57 Å². The van der Waals surface area contributed by atoms with Gasteiger partial charge in [0.1, 0.15) is 11.5 Å². The number of ether oxygens (including phenoxy) is 2. The highest BCUT2D eigenvalue weighted by molar-refractivity contribution is 6.31. The molecule has 0 atom stereocenters. The minimum Gasteiger partial charge on any atom is -0.497 e. The maximum atomic E-state index is 12.7. The first-order valence-corrected chi connectivity index (χ1v) is 9.27. The number of rotatable bonds is 6. The van der Waals surface area contributed by atoms with Crippen molar-refractivity contribution >= 4 is 23.2 Å². The number of nitrogens with zero attached hydrogens (tertiary/aromatic N) is 1. The smallest absolute Gasteiger partial charge is 0.257 e. The molecule has 0 saturated heterocycles. The molecule has 0 saturated carbocycles. The molecule has 6 nitrogen and oxygen atoms in total. The van der Waals surface area contributed by atoms with E-state index in [1.54, 1.807) is 32.4 Å². The van der Waals surface area contributed by atoms with Gasteiger partial charge in [0.2, 0.25) is 0 Å². The molecule has 29 heavy (non-hydrogen) atoms. The number of amides is 1. The quantitative estimate of drug-likeness (QED) is 0.661. The van der Waals surface area contributed by atoms with Crippen LogP contribution in [-0.2, 0) is 6.54 Å². The summed E-state index contributed by atoms with van der Waals surface area (Å²) >= 11 is 6.01. The highest BCUT2D eigenvalue weighted by Crippen LogP contribution is 2.23. The van der Waals surface area contributed by atoms with Gasteiger partial charge in [0, 0.05) is 29.0 Å². The Morgan fingerprint density at radius 1 is 1.03 bits per heavy atom. The van der Waals surface area contributed by atoms with E-state index in [9.17, 15) is 9.59 Å². The van der Waals surface area contributed by atoms with Crippen LogP contribution in [0, 0.1) is 6.92 Å². The first-order valence-electron chi connectivity index (χ1n) is 8.89. The second kappa shape index (κ2) is 8.84. The maximum absolute atomic E-state index is 12.7. The Hall–Kier alpha value is -3.25. The van der Waals surface area contributed by atoms with E-state index in [2.05, 4.69) is 5.32 Å². The number of carbonyl (C=O) groups excluding carboxylic acids is 1. The maximum Gasteiger partial charge on any atom is 0.257 e. The molecule has 0 aliphatic rings. The lowest BCUT2D eigenvalue weighted by Gasteiger charge is -2.12. The average molecular weight is 413 g/mol. The molecule has 1 heterocycles. The fourth-order valence-corrected chi connectivity index (χ4v) is 3.04. The van der Waals surface area contributed by atoms with Crippen LogP contribution in [0.1, 0.15) is 21.5 Å². The zero-order valence-electron chi connectivity index (χ0n) is 16.4. The molecule has 1 aromatic heterocycles. The number of aromatic nitrogens is 1. The number of pyridine rings is 1. The van der Waals surface area contributed by atoms with Crippen molar-refractivity contribution in [2.45, 2.75) is 13.5 Å². The normalized spacial score (nSPS) is 10.5. The molecule has 0 radical (unpaired) electrons. The Morgan fingerprint density at radius 3 is 2.38 bits per heavy atom. The van der Waals surface area contributed by atoms with Crippen molar-refractivity contribution in [1.29, 1.82) is 0 Å². The van der Waals surface area contributed by atoms with Crippen molar-refractivity contribution in [3.63, 3.8) is 0 Å². The van der Waals surface area contributed by atoms with E-state index in [0.29, 0.717) is 27.8 Å². The van der Waals surface area contributed by atoms with Crippen LogP contribution in [0.25, 0.3) is 0 Å². The number of aryl methyl sites for hydroxylation is 1. The van der Waals surface area contributed by atoms with Gasteiger partial charge in [-0.25, -0.2) is 0 Å². The van der Waals surface area contributed by atoms with Crippen molar-refractivity contribution in [2.24, 2.45) is 0 Å². The van der Waals surface area contributed by atoms with E-state index >= 15 is 0 Å². The summed E-state index contributed by atoms with van der Waals surface area (Å²) in [6.45, 7) is 2.15. The summed E-state index contributed by atoms with van der Waals surface area (Å²) in [7, 11) is 3.13. The van der Waals surface area contributed by atoms with Gasteiger partial charge in [-0.05, 0) is 48.4 Å². The molecule has 0 spiro atoms. The monoisotopic (exact) mass is 412 g/mol. The molecule has 1 amide bonds. The summed E-state index contributed by atoms with van der Waals surface area (Å²) in [4.78, 5) is 25.0. The zero-order valence-corrected chi connectivity index (χ0v) is 17.1. The van der Waals surface area contributed by atoms with Crippen LogP contribution in [0.15, 0.2) is 59.5 Å². The molecule has 7 heteroatoms. The average Bonchev–Trinajstić information content (AvgIpc) is 2.71. The lowest BCUT2D eigenvalue weighted by molar-refractivity contribution is 0.102. The number of methoxy groups -OCH3 is 2. The van der Waals surface area contributed by atoms with Gasteiger partial charge in [0.25, 0.3) is 11.5 Å². The Balaban J connectivity index is 1.87. The molecule has 0 aliphatic carbocycles. The van der Waals surface area contributed by atoms with Gasteiger partial charge in [0.15, 0.2) is 0 Å². The third kappa shape index (κ3) is 4.97. The topological polar surface area (TPSA) is 69.6 Å². The van der Waals surface area contributed by atoms with E-state index in [-0.39, 0.29) is 18.0 Å². The van der Waals surface area contributed by atoms with Crippen molar-refractivity contribution < 1.29 is 14.3 Å². The Bertz CT molecular complexity index is 1090. The molecule has 0 aliphatic heterocycles. The molecular formula is C22H21ClN2O4. The third-order valence-electron chi connectivity index (χ3n) is 4.46. The first kappa shape index (κ1) is 20.5. The highest BCUT2D eigenvalue weighted by Gasteiger charge is 2.11. The fourth-order valence-electron chi connectivity index (χ4n) is 2.87. The predicted octanol–water partition coefficient (Wildman–Crippen LogP) is 4.13. The molecule has 2 aromatic carbocycles. The van der Waals surface area contributed by atoms with Gasteiger partial charge in [-0.15, -0.1) is 0 Å². The van der Waals surface area contributed by atoms with Crippen LogP contribution in [-0.4, -0.2) is 24.7 Å². The van der Waals surface area contributed by atoms with Crippen LogP contribution >= 0.6 is 11.6 Å². The van der Waals surface area contributed by atoms with E-state index in [4.69, 9.17) is 21.1 Å². The van der Waals surface area contributed by atoms with Crippen molar-refractivity contribution in [2.75, 3.05) is 19.5 Å². The molecule has 3 rings (SSSR count). The van der Waals surface area contributed by atoms with E-state index in [1.165, 1.54) is 22.9 Å². The molecule has 150 valence electrons. The van der Waals surface area contributed by atoms with Gasteiger partial charge in [0.05, 0.1) is 26.3 Å². The van der Waals surface area contributed by atoms with E-state index in [1.807, 2.05) is 25.1 Å². The number of carbonyl (C=O) groups is 1.